The fourth-order valence-electron chi connectivity index (χ4n) is 2.60. The molecule has 1 aromatic carbocycles. The Morgan fingerprint density at radius 1 is 1.19 bits per heavy atom. The highest BCUT2D eigenvalue weighted by Gasteiger charge is 2.15. The Balaban J connectivity index is 2.40. The lowest BCUT2D eigenvalue weighted by Gasteiger charge is -2.06. The molecule has 0 saturated carbocycles. The predicted molar refractivity (Wildman–Crippen MR) is 65.4 cm³/mol. The molecule has 0 spiro atoms. The summed E-state index contributed by atoms with van der Waals surface area (Å²) in [4.78, 5) is 4.46. The highest BCUT2D eigenvalue weighted by Crippen LogP contribution is 2.31. The van der Waals surface area contributed by atoms with E-state index in [1.165, 1.54) is 27.7 Å². The van der Waals surface area contributed by atoms with Gasteiger partial charge in [0.05, 0.1) is 16.7 Å². The molecule has 16 heavy (non-hydrogen) atoms. The minimum atomic E-state index is 0.938. The number of aromatic nitrogens is 2. The Hall–Kier alpha value is -2.09. The maximum atomic E-state index is 4.46. The normalized spacial score (nSPS) is 13.8. The van der Waals surface area contributed by atoms with Crippen molar-refractivity contribution in [3.05, 3.63) is 54.0 Å². The summed E-state index contributed by atoms with van der Waals surface area (Å²) >= 11 is 0. The first-order valence-corrected chi connectivity index (χ1v) is 5.48. The summed E-state index contributed by atoms with van der Waals surface area (Å²) in [7, 11) is 0. The molecule has 0 radical (unpaired) electrons. The van der Waals surface area contributed by atoms with Crippen molar-refractivity contribution in [3.63, 3.8) is 0 Å². The summed E-state index contributed by atoms with van der Waals surface area (Å²) in [5.74, 6) is 0. The third kappa shape index (κ3) is 0.847. The highest BCUT2D eigenvalue weighted by atomic mass is 14.9. The van der Waals surface area contributed by atoms with E-state index in [0.717, 1.165) is 6.42 Å². The summed E-state index contributed by atoms with van der Waals surface area (Å²) < 4.78 is 2.25. The van der Waals surface area contributed by atoms with E-state index in [-0.39, 0.29) is 0 Å². The van der Waals surface area contributed by atoms with E-state index in [9.17, 15) is 0 Å². The van der Waals surface area contributed by atoms with Crippen LogP contribution in [-0.4, -0.2) is 9.38 Å². The van der Waals surface area contributed by atoms with Crippen LogP contribution in [0.1, 0.15) is 11.3 Å². The van der Waals surface area contributed by atoms with Crippen molar-refractivity contribution in [2.45, 2.75) is 6.42 Å². The van der Waals surface area contributed by atoms with E-state index < -0.39 is 0 Å². The average molecular weight is 206 g/mol. The zero-order valence-corrected chi connectivity index (χ0v) is 8.72. The number of para-hydroxylation sites is 1. The second-order valence-corrected chi connectivity index (χ2v) is 4.13. The Bertz CT molecular complexity index is 735. The molecule has 1 aliphatic rings. The van der Waals surface area contributed by atoms with Gasteiger partial charge in [0.25, 0.3) is 0 Å². The Morgan fingerprint density at radius 3 is 3.12 bits per heavy atom. The van der Waals surface area contributed by atoms with Crippen LogP contribution < -0.4 is 0 Å². The van der Waals surface area contributed by atoms with Crippen LogP contribution in [0.5, 0.6) is 0 Å². The first-order valence-electron chi connectivity index (χ1n) is 5.48. The summed E-state index contributed by atoms with van der Waals surface area (Å²) in [6, 6.07) is 8.51. The molecule has 2 heteroatoms. The van der Waals surface area contributed by atoms with Gasteiger partial charge in [-0.15, -0.1) is 0 Å². The number of hydrogen-bond acceptors (Lipinski definition) is 1. The van der Waals surface area contributed by atoms with Gasteiger partial charge in [0.1, 0.15) is 0 Å². The Labute approximate surface area is 92.9 Å². The highest BCUT2D eigenvalue weighted by molar-refractivity contribution is 5.99. The molecule has 76 valence electrons. The van der Waals surface area contributed by atoms with E-state index in [2.05, 4.69) is 45.8 Å². The average Bonchev–Trinajstić information content (AvgIpc) is 2.68. The quantitative estimate of drug-likeness (QED) is 0.552. The van der Waals surface area contributed by atoms with Gasteiger partial charge in [-0.3, -0.25) is 4.98 Å². The smallest absolute Gasteiger partial charge is 0.0754 e. The molecule has 0 unspecified atom stereocenters. The van der Waals surface area contributed by atoms with Gasteiger partial charge in [0, 0.05) is 29.8 Å². The number of fused-ring (bicyclic) bond motifs is 3. The van der Waals surface area contributed by atoms with E-state index in [1.807, 2.05) is 12.4 Å². The van der Waals surface area contributed by atoms with Crippen molar-refractivity contribution in [2.75, 3.05) is 0 Å². The number of hydrogen-bond donors (Lipinski definition) is 0. The summed E-state index contributed by atoms with van der Waals surface area (Å²) in [5.41, 5.74) is 5.02. The SMILES string of the molecule is C1=Cc2c3ccccc3n3ccnc(c23)C1. The van der Waals surface area contributed by atoms with Crippen LogP contribution in [0.3, 0.4) is 0 Å². The zero-order chi connectivity index (χ0) is 10.5. The lowest BCUT2D eigenvalue weighted by atomic mass is 10.0. The molecule has 2 aromatic heterocycles. The fourth-order valence-corrected chi connectivity index (χ4v) is 2.60. The molecule has 2 heterocycles. The fraction of sp³-hybridized carbons (Fsp3) is 0.0714. The van der Waals surface area contributed by atoms with Crippen LogP contribution in [0.25, 0.3) is 22.5 Å². The van der Waals surface area contributed by atoms with E-state index >= 15 is 0 Å². The topological polar surface area (TPSA) is 17.3 Å². The van der Waals surface area contributed by atoms with Crippen LogP contribution in [0.4, 0.5) is 0 Å². The molecule has 0 aliphatic heterocycles. The molecular formula is C14H10N2. The van der Waals surface area contributed by atoms with E-state index in [1.54, 1.807) is 0 Å². The monoisotopic (exact) mass is 206 g/mol. The van der Waals surface area contributed by atoms with E-state index in [0.29, 0.717) is 0 Å². The maximum absolute atomic E-state index is 4.46. The Kier molecular flexibility index (Phi) is 1.38. The van der Waals surface area contributed by atoms with Crippen LogP contribution in [0, 0.1) is 0 Å². The Morgan fingerprint density at radius 2 is 2.12 bits per heavy atom. The maximum Gasteiger partial charge on any atom is 0.0754 e. The molecule has 0 fully saturated rings. The van der Waals surface area contributed by atoms with Gasteiger partial charge >= 0.3 is 0 Å². The van der Waals surface area contributed by atoms with Gasteiger partial charge in [-0.2, -0.15) is 0 Å². The molecular weight excluding hydrogens is 196 g/mol. The van der Waals surface area contributed by atoms with Crippen LogP contribution in [-0.2, 0) is 6.42 Å². The standard InChI is InChI=1S/C14H10N2/c1-2-7-13-10(4-1)11-5-3-6-12-14(11)16(13)9-8-15-12/h1-5,7-9H,6H2. The molecule has 0 atom stereocenters. The van der Waals surface area contributed by atoms with E-state index in [4.69, 9.17) is 0 Å². The molecule has 0 saturated heterocycles. The molecule has 2 nitrogen and oxygen atoms in total. The second kappa shape index (κ2) is 2.73. The summed E-state index contributed by atoms with van der Waals surface area (Å²) in [6.07, 6.45) is 9.28. The number of benzene rings is 1. The van der Waals surface area contributed by atoms with Gasteiger partial charge in [-0.05, 0) is 6.07 Å². The van der Waals surface area contributed by atoms with Crippen molar-refractivity contribution in [2.24, 2.45) is 0 Å². The minimum absolute atomic E-state index is 0.938. The van der Waals surface area contributed by atoms with Crippen LogP contribution >= 0.6 is 0 Å². The van der Waals surface area contributed by atoms with Crippen LogP contribution in [0.2, 0.25) is 0 Å². The molecule has 0 bridgehead atoms. The van der Waals surface area contributed by atoms with Crippen molar-refractivity contribution in [1.82, 2.24) is 9.38 Å². The van der Waals surface area contributed by atoms with Gasteiger partial charge in [0.2, 0.25) is 0 Å². The van der Waals surface area contributed by atoms with Crippen molar-refractivity contribution < 1.29 is 0 Å². The summed E-state index contributed by atoms with van der Waals surface area (Å²) in [5, 5.41) is 1.31. The zero-order valence-electron chi connectivity index (χ0n) is 8.72. The largest absolute Gasteiger partial charge is 0.313 e. The molecule has 3 aromatic rings. The molecule has 0 amide bonds. The number of rotatable bonds is 0. The number of nitrogens with zero attached hydrogens (tertiary/aromatic N) is 2. The van der Waals surface area contributed by atoms with Gasteiger partial charge < -0.3 is 4.40 Å². The van der Waals surface area contributed by atoms with Crippen molar-refractivity contribution in [1.29, 1.82) is 0 Å². The first kappa shape index (κ1) is 8.11. The lowest BCUT2D eigenvalue weighted by molar-refractivity contribution is 1.06. The number of allylic oxidation sites excluding steroid dienone is 1. The van der Waals surface area contributed by atoms with Crippen molar-refractivity contribution in [3.8, 4) is 0 Å². The van der Waals surface area contributed by atoms with Crippen molar-refractivity contribution >= 4 is 22.5 Å². The molecule has 1 aliphatic carbocycles. The third-order valence-corrected chi connectivity index (χ3v) is 3.26. The first-order chi connectivity index (χ1) is 7.95. The second-order valence-electron chi connectivity index (χ2n) is 4.13. The van der Waals surface area contributed by atoms with Gasteiger partial charge in [-0.1, -0.05) is 30.4 Å². The van der Waals surface area contributed by atoms with Crippen LogP contribution in [0.15, 0.2) is 42.7 Å². The van der Waals surface area contributed by atoms with Gasteiger partial charge in [-0.25, -0.2) is 0 Å². The minimum Gasteiger partial charge on any atom is -0.313 e. The summed E-state index contributed by atoms with van der Waals surface area (Å²) in [6.45, 7) is 0. The van der Waals surface area contributed by atoms with Gasteiger partial charge in [0.15, 0.2) is 0 Å². The molecule has 4 rings (SSSR count). The lowest BCUT2D eigenvalue weighted by Crippen LogP contribution is -1.97. The predicted octanol–water partition coefficient (Wildman–Crippen LogP) is 3.06. The third-order valence-electron chi connectivity index (χ3n) is 3.26. The molecule has 0 N–H and O–H groups in total.